The quantitative estimate of drug-likeness (QED) is 0.860. The minimum Gasteiger partial charge on any atom is -0.395 e. The summed E-state index contributed by atoms with van der Waals surface area (Å²) in [4.78, 5) is 18.4. The molecule has 0 aliphatic rings. The van der Waals surface area contributed by atoms with Gasteiger partial charge in [-0.1, -0.05) is 30.3 Å². The number of rotatable bonds is 6. The second-order valence-electron chi connectivity index (χ2n) is 5.09. The molecule has 2 aromatic rings. The van der Waals surface area contributed by atoms with Gasteiger partial charge < -0.3 is 15.3 Å². The number of nitrogens with zero attached hydrogens (tertiary/aromatic N) is 2. The Morgan fingerprint density at radius 2 is 2.14 bits per heavy atom. The molecule has 0 aliphatic heterocycles. The van der Waals surface area contributed by atoms with Crippen LogP contribution >= 0.6 is 11.3 Å². The van der Waals surface area contributed by atoms with Crippen molar-refractivity contribution in [2.75, 3.05) is 13.2 Å². The van der Waals surface area contributed by atoms with Crippen molar-refractivity contribution in [2.45, 2.75) is 26.4 Å². The third kappa shape index (κ3) is 4.54. The van der Waals surface area contributed by atoms with Gasteiger partial charge in [-0.3, -0.25) is 0 Å². The molecule has 118 valence electrons. The number of benzene rings is 1. The van der Waals surface area contributed by atoms with Crippen LogP contribution in [0.15, 0.2) is 35.7 Å². The highest BCUT2D eigenvalue weighted by Gasteiger charge is 2.17. The van der Waals surface area contributed by atoms with Crippen LogP contribution in [0.3, 0.4) is 0 Å². The van der Waals surface area contributed by atoms with Crippen molar-refractivity contribution < 1.29 is 9.90 Å². The Balaban J connectivity index is 2.00. The fourth-order valence-electron chi connectivity index (χ4n) is 2.11. The first kappa shape index (κ1) is 16.5. The molecule has 0 bridgehead atoms. The second-order valence-corrected chi connectivity index (χ2v) is 6.16. The molecule has 2 amide bonds. The highest BCUT2D eigenvalue weighted by Crippen LogP contribution is 2.16. The molecule has 0 fully saturated rings. The van der Waals surface area contributed by atoms with Crippen LogP contribution in [0.4, 0.5) is 4.79 Å². The zero-order chi connectivity index (χ0) is 15.9. The smallest absolute Gasteiger partial charge is 0.318 e. The molecule has 5 nitrogen and oxygen atoms in total. The van der Waals surface area contributed by atoms with Gasteiger partial charge in [-0.15, -0.1) is 11.3 Å². The molecule has 6 heteroatoms. The van der Waals surface area contributed by atoms with E-state index in [0.717, 1.165) is 16.3 Å². The Kier molecular flexibility index (Phi) is 5.91. The average Bonchev–Trinajstić information content (AvgIpc) is 2.94. The van der Waals surface area contributed by atoms with Crippen molar-refractivity contribution in [3.8, 4) is 0 Å². The lowest BCUT2D eigenvalue weighted by molar-refractivity contribution is 0.171. The lowest BCUT2D eigenvalue weighted by Gasteiger charge is -2.24. The Labute approximate surface area is 134 Å². The third-order valence-corrected chi connectivity index (χ3v) is 4.09. The number of hydrogen-bond acceptors (Lipinski definition) is 4. The molecule has 2 N–H and O–H groups in total. The first-order valence-electron chi connectivity index (χ1n) is 7.22. The van der Waals surface area contributed by atoms with Gasteiger partial charge in [-0.25, -0.2) is 9.78 Å². The summed E-state index contributed by atoms with van der Waals surface area (Å²) in [6.07, 6.45) is 0. The first-order chi connectivity index (χ1) is 10.6. The van der Waals surface area contributed by atoms with Gasteiger partial charge in [0, 0.05) is 18.5 Å². The maximum Gasteiger partial charge on any atom is 0.318 e. The van der Waals surface area contributed by atoms with E-state index in [1.54, 1.807) is 16.2 Å². The van der Waals surface area contributed by atoms with Gasteiger partial charge >= 0.3 is 6.03 Å². The standard InChI is InChI=1S/C16H21N3O2S/c1-12(15-11-22-13(2)18-15)17-16(21)19(8-9-20)10-14-6-4-3-5-7-14/h3-7,11-12,20H,8-10H2,1-2H3,(H,17,21). The Bertz CT molecular complexity index is 600. The topological polar surface area (TPSA) is 65.5 Å². The number of aliphatic hydroxyl groups is 1. The number of thiazole rings is 1. The van der Waals surface area contributed by atoms with Crippen molar-refractivity contribution in [3.63, 3.8) is 0 Å². The number of hydrogen-bond donors (Lipinski definition) is 2. The van der Waals surface area contributed by atoms with Crippen LogP contribution in [0.2, 0.25) is 0 Å². The van der Waals surface area contributed by atoms with Crippen LogP contribution in [0, 0.1) is 6.92 Å². The molecule has 0 radical (unpaired) electrons. The molecule has 2 rings (SSSR count). The molecule has 1 aromatic heterocycles. The van der Waals surface area contributed by atoms with Crippen LogP contribution in [0.1, 0.15) is 29.2 Å². The maximum absolute atomic E-state index is 12.4. The molecule has 22 heavy (non-hydrogen) atoms. The summed E-state index contributed by atoms with van der Waals surface area (Å²) in [7, 11) is 0. The zero-order valence-electron chi connectivity index (χ0n) is 12.8. The number of nitrogens with one attached hydrogen (secondary N) is 1. The molecule has 1 aromatic carbocycles. The van der Waals surface area contributed by atoms with Crippen molar-refractivity contribution in [1.29, 1.82) is 0 Å². The maximum atomic E-state index is 12.4. The van der Waals surface area contributed by atoms with Crippen LogP contribution in [0.25, 0.3) is 0 Å². The van der Waals surface area contributed by atoms with Crippen molar-refractivity contribution in [1.82, 2.24) is 15.2 Å². The molecule has 0 saturated heterocycles. The second kappa shape index (κ2) is 7.91. The number of urea groups is 1. The van der Waals surface area contributed by atoms with E-state index < -0.39 is 0 Å². The van der Waals surface area contributed by atoms with Crippen LogP contribution in [-0.2, 0) is 6.54 Å². The zero-order valence-corrected chi connectivity index (χ0v) is 13.6. The van der Waals surface area contributed by atoms with Gasteiger partial charge in [0.25, 0.3) is 0 Å². The molecular weight excluding hydrogens is 298 g/mol. The fraction of sp³-hybridized carbons (Fsp3) is 0.375. The number of amides is 2. The number of carbonyl (C=O) groups is 1. The molecule has 1 atom stereocenters. The Morgan fingerprint density at radius 3 is 2.73 bits per heavy atom. The Morgan fingerprint density at radius 1 is 1.41 bits per heavy atom. The monoisotopic (exact) mass is 319 g/mol. The summed E-state index contributed by atoms with van der Waals surface area (Å²) in [5, 5.41) is 15.1. The molecule has 1 heterocycles. The Hall–Kier alpha value is -1.92. The minimum absolute atomic E-state index is 0.0650. The normalized spacial score (nSPS) is 12.0. The minimum atomic E-state index is -0.198. The third-order valence-electron chi connectivity index (χ3n) is 3.29. The number of aryl methyl sites for hydroxylation is 1. The van der Waals surface area contributed by atoms with Crippen LogP contribution < -0.4 is 5.32 Å². The van der Waals surface area contributed by atoms with E-state index in [9.17, 15) is 9.90 Å². The molecular formula is C16H21N3O2S. The van der Waals surface area contributed by atoms with E-state index in [1.165, 1.54) is 0 Å². The first-order valence-corrected chi connectivity index (χ1v) is 8.10. The highest BCUT2D eigenvalue weighted by molar-refractivity contribution is 7.09. The number of aliphatic hydroxyl groups excluding tert-OH is 1. The van der Waals surface area contributed by atoms with Crippen LogP contribution in [-0.4, -0.2) is 34.2 Å². The van der Waals surface area contributed by atoms with E-state index in [2.05, 4.69) is 10.3 Å². The van der Waals surface area contributed by atoms with E-state index in [4.69, 9.17) is 0 Å². The van der Waals surface area contributed by atoms with Crippen molar-refractivity contribution >= 4 is 17.4 Å². The van der Waals surface area contributed by atoms with E-state index in [0.29, 0.717) is 13.1 Å². The summed E-state index contributed by atoms with van der Waals surface area (Å²) >= 11 is 1.57. The lowest BCUT2D eigenvalue weighted by atomic mass is 10.2. The number of aromatic nitrogens is 1. The van der Waals surface area contributed by atoms with Gasteiger partial charge in [0.1, 0.15) is 0 Å². The van der Waals surface area contributed by atoms with Gasteiger partial charge in [-0.2, -0.15) is 0 Å². The van der Waals surface area contributed by atoms with E-state index in [1.807, 2.05) is 49.6 Å². The molecule has 1 unspecified atom stereocenters. The summed E-state index contributed by atoms with van der Waals surface area (Å²) < 4.78 is 0. The fourth-order valence-corrected chi connectivity index (χ4v) is 2.81. The summed E-state index contributed by atoms with van der Waals surface area (Å²) in [6, 6.07) is 9.38. The van der Waals surface area contributed by atoms with Gasteiger partial charge in [0.2, 0.25) is 0 Å². The summed E-state index contributed by atoms with van der Waals surface area (Å²) in [6.45, 7) is 4.55. The molecule has 0 saturated carbocycles. The summed E-state index contributed by atoms with van der Waals surface area (Å²) in [5.41, 5.74) is 1.89. The predicted molar refractivity (Wildman–Crippen MR) is 87.7 cm³/mol. The van der Waals surface area contributed by atoms with Crippen LogP contribution in [0.5, 0.6) is 0 Å². The van der Waals surface area contributed by atoms with Crippen molar-refractivity contribution in [2.24, 2.45) is 0 Å². The van der Waals surface area contributed by atoms with Gasteiger partial charge in [0.15, 0.2) is 0 Å². The van der Waals surface area contributed by atoms with Gasteiger partial charge in [0.05, 0.1) is 23.4 Å². The summed E-state index contributed by atoms with van der Waals surface area (Å²) in [5.74, 6) is 0. The SMILES string of the molecule is Cc1nc(C(C)NC(=O)N(CCO)Cc2ccccc2)cs1. The number of carbonyl (C=O) groups excluding carboxylic acids is 1. The lowest BCUT2D eigenvalue weighted by Crippen LogP contribution is -2.42. The molecule has 0 spiro atoms. The largest absolute Gasteiger partial charge is 0.395 e. The van der Waals surface area contributed by atoms with E-state index >= 15 is 0 Å². The molecule has 0 aliphatic carbocycles. The average molecular weight is 319 g/mol. The van der Waals surface area contributed by atoms with Crippen molar-refractivity contribution in [3.05, 3.63) is 52.0 Å². The highest BCUT2D eigenvalue weighted by atomic mass is 32.1. The van der Waals surface area contributed by atoms with E-state index in [-0.39, 0.29) is 18.7 Å². The predicted octanol–water partition coefficient (Wildman–Crippen LogP) is 2.72. The van der Waals surface area contributed by atoms with Gasteiger partial charge in [-0.05, 0) is 19.4 Å².